The third-order valence-corrected chi connectivity index (χ3v) is 5.08. The van der Waals surface area contributed by atoms with Crippen LogP contribution in [0.25, 0.3) is 0 Å². The van der Waals surface area contributed by atoms with Crippen LogP contribution in [0.1, 0.15) is 38.5 Å². The van der Waals surface area contributed by atoms with Crippen molar-refractivity contribution in [3.8, 4) is 0 Å². The minimum absolute atomic E-state index is 0.449. The van der Waals surface area contributed by atoms with Crippen molar-refractivity contribution in [3.05, 3.63) is 0 Å². The summed E-state index contributed by atoms with van der Waals surface area (Å²) >= 11 is 0. The molecular weight excluding hydrogens is 172 g/mol. The van der Waals surface area contributed by atoms with Gasteiger partial charge >= 0.3 is 0 Å². The second-order valence-electron chi connectivity index (χ2n) is 5.51. The van der Waals surface area contributed by atoms with Crippen molar-refractivity contribution < 1.29 is 0 Å². The topological polar surface area (TPSA) is 29.3 Å². The van der Waals surface area contributed by atoms with Gasteiger partial charge in [-0.1, -0.05) is 12.8 Å². The van der Waals surface area contributed by atoms with E-state index >= 15 is 0 Å². The molecule has 1 aliphatic carbocycles. The number of hydrogen-bond donors (Lipinski definition) is 1. The molecule has 0 aromatic rings. The molecule has 3 aliphatic rings. The zero-order chi connectivity index (χ0) is 9.60. The second-order valence-corrected chi connectivity index (χ2v) is 5.51. The highest BCUT2D eigenvalue weighted by molar-refractivity contribution is 5.09. The van der Waals surface area contributed by atoms with Crippen LogP contribution in [0.2, 0.25) is 0 Å². The van der Waals surface area contributed by atoms with Gasteiger partial charge in [-0.2, -0.15) is 0 Å². The predicted molar refractivity (Wildman–Crippen MR) is 58.0 cm³/mol. The Morgan fingerprint density at radius 3 is 2.93 bits per heavy atom. The van der Waals surface area contributed by atoms with Crippen LogP contribution >= 0.6 is 0 Å². The van der Waals surface area contributed by atoms with Crippen LogP contribution in [0.5, 0.6) is 0 Å². The van der Waals surface area contributed by atoms with Gasteiger partial charge in [0.1, 0.15) is 0 Å². The van der Waals surface area contributed by atoms with Gasteiger partial charge in [-0.3, -0.25) is 4.90 Å². The van der Waals surface area contributed by atoms with E-state index in [0.29, 0.717) is 5.54 Å². The van der Waals surface area contributed by atoms with Crippen molar-refractivity contribution in [2.24, 2.45) is 17.6 Å². The van der Waals surface area contributed by atoms with E-state index in [1.54, 1.807) is 0 Å². The average Bonchev–Trinajstić information content (AvgIpc) is 2.73. The second kappa shape index (κ2) is 3.21. The van der Waals surface area contributed by atoms with Crippen molar-refractivity contribution in [1.29, 1.82) is 0 Å². The molecule has 80 valence electrons. The summed E-state index contributed by atoms with van der Waals surface area (Å²) in [6.45, 7) is 3.60. The molecule has 0 radical (unpaired) electrons. The summed E-state index contributed by atoms with van der Waals surface area (Å²) in [7, 11) is 0. The average molecular weight is 194 g/mol. The molecule has 2 heterocycles. The van der Waals surface area contributed by atoms with Crippen LogP contribution in [-0.4, -0.2) is 30.1 Å². The van der Waals surface area contributed by atoms with E-state index in [0.717, 1.165) is 18.4 Å². The fourth-order valence-corrected chi connectivity index (χ4v) is 4.45. The Hall–Kier alpha value is -0.0800. The molecule has 2 nitrogen and oxygen atoms in total. The van der Waals surface area contributed by atoms with E-state index in [1.807, 2.05) is 0 Å². The first-order valence-electron chi connectivity index (χ1n) is 6.32. The maximum Gasteiger partial charge on any atom is 0.0363 e. The van der Waals surface area contributed by atoms with Crippen LogP contribution in [0.3, 0.4) is 0 Å². The highest BCUT2D eigenvalue weighted by atomic mass is 15.3. The minimum Gasteiger partial charge on any atom is -0.329 e. The highest BCUT2D eigenvalue weighted by Gasteiger charge is 2.54. The van der Waals surface area contributed by atoms with Crippen molar-refractivity contribution >= 4 is 0 Å². The minimum atomic E-state index is 0.449. The molecule has 0 spiro atoms. The Labute approximate surface area is 86.8 Å². The maximum absolute atomic E-state index is 6.08. The van der Waals surface area contributed by atoms with Gasteiger partial charge in [-0.15, -0.1) is 0 Å². The van der Waals surface area contributed by atoms with Crippen molar-refractivity contribution in [3.63, 3.8) is 0 Å². The lowest BCUT2D eigenvalue weighted by atomic mass is 9.71. The molecule has 3 atom stereocenters. The molecule has 2 heteroatoms. The van der Waals surface area contributed by atoms with Gasteiger partial charge in [0, 0.05) is 18.6 Å². The van der Waals surface area contributed by atoms with E-state index in [-0.39, 0.29) is 0 Å². The molecule has 0 aromatic heterocycles. The fourth-order valence-electron chi connectivity index (χ4n) is 4.45. The summed E-state index contributed by atoms with van der Waals surface area (Å²) in [5.41, 5.74) is 6.52. The summed E-state index contributed by atoms with van der Waals surface area (Å²) < 4.78 is 0. The number of nitrogens with zero attached hydrogens (tertiary/aromatic N) is 1. The van der Waals surface area contributed by atoms with Crippen molar-refractivity contribution in [2.75, 3.05) is 19.6 Å². The van der Waals surface area contributed by atoms with Crippen LogP contribution < -0.4 is 5.73 Å². The van der Waals surface area contributed by atoms with E-state index in [2.05, 4.69) is 4.90 Å². The third-order valence-electron chi connectivity index (χ3n) is 5.08. The summed E-state index contributed by atoms with van der Waals surface area (Å²) in [6, 6.07) is 0. The highest BCUT2D eigenvalue weighted by Crippen LogP contribution is 2.50. The van der Waals surface area contributed by atoms with Gasteiger partial charge in [0.2, 0.25) is 0 Å². The summed E-state index contributed by atoms with van der Waals surface area (Å²) in [5.74, 6) is 1.94. The lowest BCUT2D eigenvalue weighted by molar-refractivity contribution is 0.136. The molecule has 0 bridgehead atoms. The third kappa shape index (κ3) is 1.04. The van der Waals surface area contributed by atoms with E-state index in [9.17, 15) is 0 Å². The molecule has 0 amide bonds. The standard InChI is InChI=1S/C12H22N2/c13-9-12-6-3-7-14(12)8-10-4-1-2-5-11(10)12/h10-11H,1-9,13H2. The summed E-state index contributed by atoms with van der Waals surface area (Å²) in [4.78, 5) is 2.73. The summed E-state index contributed by atoms with van der Waals surface area (Å²) in [6.07, 6.45) is 8.62. The predicted octanol–water partition coefficient (Wildman–Crippen LogP) is 1.60. The number of fused-ring (bicyclic) bond motifs is 3. The normalized spacial score (nSPS) is 47.8. The Bertz CT molecular complexity index is 228. The molecule has 1 saturated carbocycles. The Morgan fingerprint density at radius 1 is 1.21 bits per heavy atom. The smallest absolute Gasteiger partial charge is 0.0363 e. The lowest BCUT2D eigenvalue weighted by Gasteiger charge is -2.39. The molecule has 2 aliphatic heterocycles. The first kappa shape index (κ1) is 9.17. The monoisotopic (exact) mass is 194 g/mol. The van der Waals surface area contributed by atoms with Gasteiger partial charge in [-0.25, -0.2) is 0 Å². The Kier molecular flexibility index (Phi) is 2.10. The number of hydrogen-bond acceptors (Lipinski definition) is 2. The first-order valence-corrected chi connectivity index (χ1v) is 6.32. The molecule has 3 fully saturated rings. The molecular formula is C12H22N2. The van der Waals surface area contributed by atoms with Gasteiger partial charge in [-0.05, 0) is 44.1 Å². The van der Waals surface area contributed by atoms with Crippen LogP contribution in [0.15, 0.2) is 0 Å². The molecule has 2 saturated heterocycles. The largest absolute Gasteiger partial charge is 0.329 e. The van der Waals surface area contributed by atoms with Crippen molar-refractivity contribution in [2.45, 2.75) is 44.1 Å². The Balaban J connectivity index is 1.89. The Morgan fingerprint density at radius 2 is 2.07 bits per heavy atom. The number of nitrogens with two attached hydrogens (primary N) is 1. The maximum atomic E-state index is 6.08. The lowest BCUT2D eigenvalue weighted by Crippen LogP contribution is -2.49. The van der Waals surface area contributed by atoms with E-state index < -0.39 is 0 Å². The van der Waals surface area contributed by atoms with Crippen LogP contribution in [0, 0.1) is 11.8 Å². The quantitative estimate of drug-likeness (QED) is 0.687. The molecule has 14 heavy (non-hydrogen) atoms. The molecule has 0 aromatic carbocycles. The fraction of sp³-hybridized carbons (Fsp3) is 1.00. The van der Waals surface area contributed by atoms with Gasteiger partial charge in [0.25, 0.3) is 0 Å². The molecule has 3 unspecified atom stereocenters. The number of rotatable bonds is 1. The van der Waals surface area contributed by atoms with Gasteiger partial charge < -0.3 is 5.73 Å². The van der Waals surface area contributed by atoms with Gasteiger partial charge in [0.05, 0.1) is 0 Å². The van der Waals surface area contributed by atoms with E-state index in [1.165, 1.54) is 51.6 Å². The van der Waals surface area contributed by atoms with Gasteiger partial charge in [0.15, 0.2) is 0 Å². The molecule has 3 rings (SSSR count). The first-order chi connectivity index (χ1) is 6.87. The zero-order valence-corrected chi connectivity index (χ0v) is 9.04. The SMILES string of the molecule is NCC12CCCN1CC1CCCCC12. The molecule has 2 N–H and O–H groups in total. The van der Waals surface area contributed by atoms with Crippen LogP contribution in [0.4, 0.5) is 0 Å². The zero-order valence-electron chi connectivity index (χ0n) is 9.04. The summed E-state index contributed by atoms with van der Waals surface area (Å²) in [5, 5.41) is 0. The van der Waals surface area contributed by atoms with Crippen LogP contribution in [-0.2, 0) is 0 Å². The van der Waals surface area contributed by atoms with Crippen molar-refractivity contribution in [1.82, 2.24) is 4.90 Å². The van der Waals surface area contributed by atoms with E-state index in [4.69, 9.17) is 5.73 Å².